The lowest BCUT2D eigenvalue weighted by Crippen LogP contribution is -2.39. The largest absolute Gasteiger partial charge is 0.396 e. The Morgan fingerprint density at radius 1 is 1.25 bits per heavy atom. The summed E-state index contributed by atoms with van der Waals surface area (Å²) in [5, 5.41) is 15.3. The van der Waals surface area contributed by atoms with Crippen LogP contribution in [0.5, 0.6) is 0 Å². The summed E-state index contributed by atoms with van der Waals surface area (Å²) in [5.74, 6) is 1.38. The van der Waals surface area contributed by atoms with Crippen molar-refractivity contribution < 1.29 is 5.11 Å². The Kier molecular flexibility index (Phi) is 14.9. The van der Waals surface area contributed by atoms with Crippen LogP contribution in [0.4, 0.5) is 0 Å². The van der Waals surface area contributed by atoms with Gasteiger partial charge in [-0.2, -0.15) is 0 Å². The van der Waals surface area contributed by atoms with Gasteiger partial charge in [0.2, 0.25) is 0 Å². The molecule has 98 valence electrons. The zero-order valence-electron chi connectivity index (χ0n) is 10.6. The number of aliphatic hydroxyl groups excluding tert-OH is 1. The van der Waals surface area contributed by atoms with Crippen molar-refractivity contribution in [2.45, 2.75) is 33.1 Å². The van der Waals surface area contributed by atoms with Crippen molar-refractivity contribution in [3.8, 4) is 0 Å². The number of hydrogen-bond acceptors (Lipinski definition) is 2. The van der Waals surface area contributed by atoms with Gasteiger partial charge in [0.1, 0.15) is 0 Å². The second-order valence-electron chi connectivity index (χ2n) is 3.65. The van der Waals surface area contributed by atoms with E-state index in [1.165, 1.54) is 0 Å². The summed E-state index contributed by atoms with van der Waals surface area (Å²) < 4.78 is 0. The van der Waals surface area contributed by atoms with Crippen LogP contribution in [0.25, 0.3) is 0 Å². The zero-order chi connectivity index (χ0) is 11.5. The lowest BCUT2D eigenvalue weighted by molar-refractivity contribution is 0.251. The molecule has 0 aliphatic carbocycles. The normalized spacial score (nSPS) is 12.9. The van der Waals surface area contributed by atoms with Crippen LogP contribution < -0.4 is 10.6 Å². The third kappa shape index (κ3) is 9.21. The quantitative estimate of drug-likeness (QED) is 0.374. The first-order chi connectivity index (χ1) is 7.28. The molecule has 0 fully saturated rings. The van der Waals surface area contributed by atoms with Crippen LogP contribution in [0.3, 0.4) is 0 Å². The van der Waals surface area contributed by atoms with Gasteiger partial charge in [0.05, 0.1) is 0 Å². The van der Waals surface area contributed by atoms with E-state index in [9.17, 15) is 0 Å². The topological polar surface area (TPSA) is 56.6 Å². The molecule has 0 aromatic carbocycles. The predicted molar refractivity (Wildman–Crippen MR) is 80.6 cm³/mol. The van der Waals surface area contributed by atoms with Crippen LogP contribution >= 0.6 is 24.0 Å². The van der Waals surface area contributed by atoms with Gasteiger partial charge >= 0.3 is 0 Å². The fraction of sp³-hybridized carbons (Fsp3) is 0.909. The molecule has 1 atom stereocenters. The third-order valence-electron chi connectivity index (χ3n) is 2.36. The van der Waals surface area contributed by atoms with Crippen LogP contribution in [0.1, 0.15) is 33.1 Å². The van der Waals surface area contributed by atoms with Crippen molar-refractivity contribution in [1.82, 2.24) is 10.6 Å². The first kappa shape index (κ1) is 18.3. The van der Waals surface area contributed by atoms with Crippen LogP contribution in [0.15, 0.2) is 4.99 Å². The number of halogens is 1. The molecular weight excluding hydrogens is 317 g/mol. The highest BCUT2D eigenvalue weighted by Crippen LogP contribution is 2.08. The fourth-order valence-corrected chi connectivity index (χ4v) is 1.57. The molecule has 0 rings (SSSR count). The van der Waals surface area contributed by atoms with E-state index in [-0.39, 0.29) is 30.6 Å². The second kappa shape index (κ2) is 13.0. The summed E-state index contributed by atoms with van der Waals surface area (Å²) in [4.78, 5) is 4.10. The molecular formula is C11H26IN3O. The van der Waals surface area contributed by atoms with E-state index in [1.54, 1.807) is 7.05 Å². The number of nitrogens with zero attached hydrogens (tertiary/aromatic N) is 1. The van der Waals surface area contributed by atoms with Gasteiger partial charge in [-0.05, 0) is 25.7 Å². The summed E-state index contributed by atoms with van der Waals surface area (Å²) in [7, 11) is 1.77. The maximum atomic E-state index is 8.92. The molecule has 0 amide bonds. The van der Waals surface area contributed by atoms with E-state index in [0.29, 0.717) is 5.92 Å². The SMILES string of the molecule is CCCC(CCO)CNC(=NC)NCC.I. The Morgan fingerprint density at radius 3 is 2.38 bits per heavy atom. The lowest BCUT2D eigenvalue weighted by Gasteiger charge is -2.17. The summed E-state index contributed by atoms with van der Waals surface area (Å²) in [6, 6.07) is 0. The van der Waals surface area contributed by atoms with Crippen molar-refractivity contribution in [1.29, 1.82) is 0 Å². The average Bonchev–Trinajstić information content (AvgIpc) is 2.24. The molecule has 0 heterocycles. The van der Waals surface area contributed by atoms with E-state index in [4.69, 9.17) is 5.11 Å². The van der Waals surface area contributed by atoms with Gasteiger partial charge in [-0.25, -0.2) is 0 Å². The van der Waals surface area contributed by atoms with Crippen LogP contribution in [-0.4, -0.2) is 37.8 Å². The van der Waals surface area contributed by atoms with Gasteiger partial charge in [0.25, 0.3) is 0 Å². The number of hydrogen-bond donors (Lipinski definition) is 3. The Bertz CT molecular complexity index is 171. The van der Waals surface area contributed by atoms with E-state index >= 15 is 0 Å². The highest BCUT2D eigenvalue weighted by atomic mass is 127. The van der Waals surface area contributed by atoms with E-state index < -0.39 is 0 Å². The second-order valence-corrected chi connectivity index (χ2v) is 3.65. The van der Waals surface area contributed by atoms with E-state index in [1.807, 2.05) is 6.92 Å². The average molecular weight is 343 g/mol. The third-order valence-corrected chi connectivity index (χ3v) is 2.36. The van der Waals surface area contributed by atoms with Gasteiger partial charge in [-0.1, -0.05) is 13.3 Å². The standard InChI is InChI=1S/C11H25N3O.HI/c1-4-6-10(7-8-15)9-14-11(12-3)13-5-2;/h10,15H,4-9H2,1-3H3,(H2,12,13,14);1H. The number of aliphatic imine (C=N–C) groups is 1. The lowest BCUT2D eigenvalue weighted by atomic mass is 10.0. The molecule has 0 aromatic rings. The number of guanidine groups is 1. The van der Waals surface area contributed by atoms with Crippen molar-refractivity contribution >= 4 is 29.9 Å². The molecule has 0 radical (unpaired) electrons. The van der Waals surface area contributed by atoms with Crippen molar-refractivity contribution in [2.24, 2.45) is 10.9 Å². The highest BCUT2D eigenvalue weighted by molar-refractivity contribution is 14.0. The van der Waals surface area contributed by atoms with Gasteiger partial charge in [-0.15, -0.1) is 24.0 Å². The molecule has 0 bridgehead atoms. The molecule has 0 aliphatic rings. The smallest absolute Gasteiger partial charge is 0.190 e. The molecule has 0 aliphatic heterocycles. The van der Waals surface area contributed by atoms with Crippen molar-refractivity contribution in [2.75, 3.05) is 26.7 Å². The monoisotopic (exact) mass is 343 g/mol. The molecule has 0 spiro atoms. The Labute approximate surface area is 116 Å². The Morgan fingerprint density at radius 2 is 1.94 bits per heavy atom. The predicted octanol–water partition coefficient (Wildman–Crippen LogP) is 1.59. The minimum Gasteiger partial charge on any atom is -0.396 e. The van der Waals surface area contributed by atoms with Gasteiger partial charge in [-0.3, -0.25) is 4.99 Å². The van der Waals surface area contributed by atoms with Crippen molar-refractivity contribution in [3.63, 3.8) is 0 Å². The Hall–Kier alpha value is -0.0400. The molecule has 1 unspecified atom stereocenters. The first-order valence-corrected chi connectivity index (χ1v) is 5.83. The summed E-state index contributed by atoms with van der Waals surface area (Å²) >= 11 is 0. The van der Waals surface area contributed by atoms with Gasteiger partial charge in [0, 0.05) is 26.7 Å². The fourth-order valence-electron chi connectivity index (χ4n) is 1.57. The minimum absolute atomic E-state index is 0. The molecule has 0 saturated heterocycles. The number of nitrogens with one attached hydrogen (secondary N) is 2. The molecule has 4 nitrogen and oxygen atoms in total. The number of rotatable bonds is 7. The highest BCUT2D eigenvalue weighted by Gasteiger charge is 2.07. The molecule has 3 N–H and O–H groups in total. The van der Waals surface area contributed by atoms with Gasteiger partial charge in [0.15, 0.2) is 5.96 Å². The maximum Gasteiger partial charge on any atom is 0.190 e. The Balaban J connectivity index is 0. The molecule has 0 aromatic heterocycles. The zero-order valence-corrected chi connectivity index (χ0v) is 13.0. The molecule has 0 saturated carbocycles. The minimum atomic E-state index is 0. The van der Waals surface area contributed by atoms with Crippen LogP contribution in [0, 0.1) is 5.92 Å². The summed E-state index contributed by atoms with van der Waals surface area (Å²) in [5.41, 5.74) is 0. The van der Waals surface area contributed by atoms with Gasteiger partial charge < -0.3 is 15.7 Å². The van der Waals surface area contributed by atoms with E-state index in [0.717, 1.165) is 38.3 Å². The summed E-state index contributed by atoms with van der Waals surface area (Å²) in [6.45, 7) is 6.24. The number of aliphatic hydroxyl groups is 1. The van der Waals surface area contributed by atoms with Crippen LogP contribution in [-0.2, 0) is 0 Å². The summed E-state index contributed by atoms with van der Waals surface area (Å²) in [6.07, 6.45) is 3.17. The van der Waals surface area contributed by atoms with Crippen LogP contribution in [0.2, 0.25) is 0 Å². The molecule has 5 heteroatoms. The molecule has 16 heavy (non-hydrogen) atoms. The maximum absolute atomic E-state index is 8.92. The first-order valence-electron chi connectivity index (χ1n) is 5.83. The van der Waals surface area contributed by atoms with Crippen molar-refractivity contribution in [3.05, 3.63) is 0 Å². The van der Waals surface area contributed by atoms with E-state index in [2.05, 4.69) is 22.5 Å².